The van der Waals surface area contributed by atoms with E-state index < -0.39 is 6.10 Å². The summed E-state index contributed by atoms with van der Waals surface area (Å²) in [4.78, 5) is 16.1. The van der Waals surface area contributed by atoms with E-state index in [-0.39, 0.29) is 5.91 Å². The van der Waals surface area contributed by atoms with Crippen molar-refractivity contribution < 1.29 is 9.53 Å². The van der Waals surface area contributed by atoms with Crippen molar-refractivity contribution in [2.75, 3.05) is 18.4 Å². The molecule has 1 atom stereocenters. The predicted octanol–water partition coefficient (Wildman–Crippen LogP) is 2.69. The second-order valence-electron chi connectivity index (χ2n) is 5.49. The van der Waals surface area contributed by atoms with Gasteiger partial charge in [0.2, 0.25) is 0 Å². The highest BCUT2D eigenvalue weighted by Crippen LogP contribution is 2.20. The molecule has 1 heterocycles. The molecule has 5 nitrogen and oxygen atoms in total. The zero-order chi connectivity index (χ0) is 16.7. The summed E-state index contributed by atoms with van der Waals surface area (Å²) in [6.07, 6.45) is 2.93. The number of hydrogen-bond acceptors (Lipinski definition) is 4. The number of rotatable bonds is 7. The fraction of sp³-hybridized carbons (Fsp3) is 0.333. The molecule has 0 radical (unpaired) electrons. The Labute approximate surface area is 137 Å². The quantitative estimate of drug-likeness (QED) is 0.772. The average Bonchev–Trinajstić information content (AvgIpc) is 2.55. The molecule has 122 valence electrons. The molecule has 2 rings (SSSR count). The van der Waals surface area contributed by atoms with Crippen LogP contribution in [0.2, 0.25) is 0 Å². The second-order valence-corrected chi connectivity index (χ2v) is 5.49. The van der Waals surface area contributed by atoms with Crippen molar-refractivity contribution >= 4 is 11.6 Å². The first-order valence-corrected chi connectivity index (χ1v) is 7.72. The van der Waals surface area contributed by atoms with Crippen LogP contribution in [0.1, 0.15) is 18.1 Å². The molecule has 1 aromatic carbocycles. The molecule has 0 aliphatic carbocycles. The minimum absolute atomic E-state index is 0.126. The molecule has 2 N–H and O–H groups in total. The Morgan fingerprint density at radius 2 is 2.09 bits per heavy atom. The molecule has 0 aliphatic heterocycles. The van der Waals surface area contributed by atoms with Crippen LogP contribution in [0.15, 0.2) is 42.7 Å². The van der Waals surface area contributed by atoms with Gasteiger partial charge in [-0.15, -0.1) is 0 Å². The van der Waals surface area contributed by atoms with Gasteiger partial charge in [-0.1, -0.05) is 12.1 Å². The van der Waals surface area contributed by atoms with Gasteiger partial charge in [-0.25, -0.2) is 0 Å². The number of nitrogens with one attached hydrogen (secondary N) is 2. The fourth-order valence-corrected chi connectivity index (χ4v) is 2.08. The number of ether oxygens (including phenoxy) is 1. The van der Waals surface area contributed by atoms with E-state index in [1.165, 1.54) is 0 Å². The Bertz CT molecular complexity index is 644. The summed E-state index contributed by atoms with van der Waals surface area (Å²) in [7, 11) is 0. The number of carbonyl (C=O) groups is 1. The van der Waals surface area contributed by atoms with Gasteiger partial charge in [0.25, 0.3) is 5.91 Å². The lowest BCUT2D eigenvalue weighted by Gasteiger charge is -2.17. The third-order valence-corrected chi connectivity index (χ3v) is 3.43. The zero-order valence-electron chi connectivity index (χ0n) is 13.8. The Hall–Kier alpha value is -2.56. The highest BCUT2D eigenvalue weighted by atomic mass is 16.5. The maximum Gasteiger partial charge on any atom is 0.260 e. The first-order valence-electron chi connectivity index (χ1n) is 7.72. The number of anilines is 1. The summed E-state index contributed by atoms with van der Waals surface area (Å²) in [5, 5.41) is 6.05. The van der Waals surface area contributed by atoms with E-state index in [9.17, 15) is 4.79 Å². The van der Waals surface area contributed by atoms with Crippen LogP contribution in [0.25, 0.3) is 0 Å². The van der Waals surface area contributed by atoms with Crippen LogP contribution in [0.4, 0.5) is 5.69 Å². The minimum Gasteiger partial charge on any atom is -0.481 e. The van der Waals surface area contributed by atoms with E-state index in [1.807, 2.05) is 44.2 Å². The van der Waals surface area contributed by atoms with Crippen LogP contribution < -0.4 is 15.4 Å². The maximum absolute atomic E-state index is 12.1. The summed E-state index contributed by atoms with van der Waals surface area (Å²) in [5.74, 6) is 0.625. The van der Waals surface area contributed by atoms with Gasteiger partial charge in [0.05, 0.1) is 5.69 Å². The number of hydrogen-bond donors (Lipinski definition) is 2. The Morgan fingerprint density at radius 1 is 1.26 bits per heavy atom. The van der Waals surface area contributed by atoms with E-state index in [2.05, 4.69) is 15.6 Å². The molecule has 0 bridgehead atoms. The number of nitrogens with zero attached hydrogens (tertiary/aromatic N) is 1. The molecule has 1 aromatic heterocycles. The van der Waals surface area contributed by atoms with Crippen molar-refractivity contribution in [3.8, 4) is 5.75 Å². The lowest BCUT2D eigenvalue weighted by Crippen LogP contribution is -2.38. The van der Waals surface area contributed by atoms with Crippen molar-refractivity contribution in [3.63, 3.8) is 0 Å². The first kappa shape index (κ1) is 16.8. The number of pyridine rings is 1. The Morgan fingerprint density at radius 3 is 2.83 bits per heavy atom. The molecule has 0 spiro atoms. The molecule has 2 aromatic rings. The van der Waals surface area contributed by atoms with Crippen molar-refractivity contribution in [2.45, 2.75) is 26.9 Å². The molecule has 0 saturated carbocycles. The average molecular weight is 313 g/mol. The summed E-state index contributed by atoms with van der Waals surface area (Å²) in [6, 6.07) is 9.76. The van der Waals surface area contributed by atoms with Crippen LogP contribution in [-0.2, 0) is 4.79 Å². The molecular formula is C18H23N3O2. The summed E-state index contributed by atoms with van der Waals surface area (Å²) < 4.78 is 5.76. The highest BCUT2D eigenvalue weighted by Gasteiger charge is 2.15. The van der Waals surface area contributed by atoms with Gasteiger partial charge in [-0.3, -0.25) is 9.78 Å². The van der Waals surface area contributed by atoms with E-state index in [4.69, 9.17) is 4.74 Å². The molecule has 0 fully saturated rings. The van der Waals surface area contributed by atoms with E-state index in [0.29, 0.717) is 13.1 Å². The molecule has 1 amide bonds. The van der Waals surface area contributed by atoms with E-state index in [1.54, 1.807) is 19.3 Å². The molecular weight excluding hydrogens is 290 g/mol. The van der Waals surface area contributed by atoms with Gasteiger partial charge in [-0.2, -0.15) is 0 Å². The number of carbonyl (C=O) groups excluding carboxylic acids is 1. The number of benzene rings is 1. The monoisotopic (exact) mass is 313 g/mol. The minimum atomic E-state index is -0.533. The number of amides is 1. The SMILES string of the molecule is Cc1ccc(C)c(O[C@@H](C)C(=O)NCCNc2cccnc2)c1. The summed E-state index contributed by atoms with van der Waals surface area (Å²) in [5.41, 5.74) is 3.06. The van der Waals surface area contributed by atoms with Gasteiger partial charge in [0.15, 0.2) is 6.10 Å². The van der Waals surface area contributed by atoms with Crippen molar-refractivity contribution in [1.82, 2.24) is 10.3 Å². The van der Waals surface area contributed by atoms with Crippen LogP contribution >= 0.6 is 0 Å². The predicted molar refractivity (Wildman–Crippen MR) is 91.7 cm³/mol. The van der Waals surface area contributed by atoms with Crippen LogP contribution in [0.3, 0.4) is 0 Å². The standard InChI is InChI=1S/C18H23N3O2/c1-13-6-7-14(2)17(11-13)23-15(3)18(22)21-10-9-20-16-5-4-8-19-12-16/h4-8,11-12,15,20H,9-10H2,1-3H3,(H,21,22)/t15-/m0/s1. The Balaban J connectivity index is 1.75. The summed E-state index contributed by atoms with van der Waals surface area (Å²) >= 11 is 0. The molecule has 0 aliphatic rings. The number of aromatic nitrogens is 1. The van der Waals surface area contributed by atoms with Gasteiger partial charge in [-0.05, 0) is 50.1 Å². The normalized spacial score (nSPS) is 11.6. The molecule has 5 heteroatoms. The van der Waals surface area contributed by atoms with E-state index in [0.717, 1.165) is 22.6 Å². The van der Waals surface area contributed by atoms with Gasteiger partial charge in [0, 0.05) is 25.5 Å². The van der Waals surface area contributed by atoms with Gasteiger partial charge in [0.1, 0.15) is 5.75 Å². The lowest BCUT2D eigenvalue weighted by molar-refractivity contribution is -0.127. The van der Waals surface area contributed by atoms with Crippen LogP contribution in [0, 0.1) is 13.8 Å². The Kier molecular flexibility index (Phi) is 5.97. The molecule has 0 unspecified atom stereocenters. The van der Waals surface area contributed by atoms with E-state index >= 15 is 0 Å². The topological polar surface area (TPSA) is 63.2 Å². The van der Waals surface area contributed by atoms with Crippen LogP contribution in [-0.4, -0.2) is 30.1 Å². The first-order chi connectivity index (χ1) is 11.1. The lowest BCUT2D eigenvalue weighted by atomic mass is 10.1. The second kappa shape index (κ2) is 8.17. The van der Waals surface area contributed by atoms with Crippen molar-refractivity contribution in [1.29, 1.82) is 0 Å². The van der Waals surface area contributed by atoms with Crippen LogP contribution in [0.5, 0.6) is 5.75 Å². The fourth-order valence-electron chi connectivity index (χ4n) is 2.08. The van der Waals surface area contributed by atoms with Crippen molar-refractivity contribution in [3.05, 3.63) is 53.9 Å². The maximum atomic E-state index is 12.1. The summed E-state index contributed by atoms with van der Waals surface area (Å²) in [6.45, 7) is 6.88. The smallest absolute Gasteiger partial charge is 0.260 e. The largest absolute Gasteiger partial charge is 0.481 e. The zero-order valence-corrected chi connectivity index (χ0v) is 13.8. The van der Waals surface area contributed by atoms with Gasteiger partial charge >= 0.3 is 0 Å². The van der Waals surface area contributed by atoms with Crippen molar-refractivity contribution in [2.24, 2.45) is 0 Å². The highest BCUT2D eigenvalue weighted by molar-refractivity contribution is 5.80. The third-order valence-electron chi connectivity index (χ3n) is 3.43. The molecule has 23 heavy (non-hydrogen) atoms. The molecule has 0 saturated heterocycles. The third kappa shape index (κ3) is 5.29. The van der Waals surface area contributed by atoms with Gasteiger partial charge < -0.3 is 15.4 Å². The number of aryl methyl sites for hydroxylation is 2.